The summed E-state index contributed by atoms with van der Waals surface area (Å²) in [7, 11) is 3.34. The molecule has 0 radical (unpaired) electrons. The molecule has 0 atom stereocenters. The molecule has 1 aliphatic heterocycles. The highest BCUT2D eigenvalue weighted by Gasteiger charge is 2.23. The summed E-state index contributed by atoms with van der Waals surface area (Å²) in [6.45, 7) is 2.90. The van der Waals surface area contributed by atoms with Gasteiger partial charge in [0.25, 0.3) is 0 Å². The Balaban J connectivity index is 2.01. The maximum Gasteiger partial charge on any atom is 0.354 e. The first-order chi connectivity index (χ1) is 15.9. The molecule has 9 nitrogen and oxygen atoms in total. The van der Waals surface area contributed by atoms with Crippen LogP contribution >= 0.6 is 0 Å². The lowest BCUT2D eigenvalue weighted by molar-refractivity contribution is 0.0691. The van der Waals surface area contributed by atoms with E-state index in [0.717, 1.165) is 18.2 Å². The first-order valence-corrected chi connectivity index (χ1v) is 10.3. The Bertz CT molecular complexity index is 1170. The number of aromatic nitrogens is 3. The number of rotatable bonds is 7. The number of aromatic carboxylic acids is 1. The number of fused-ring (bicyclic) bond motifs is 1. The van der Waals surface area contributed by atoms with Gasteiger partial charge in [-0.1, -0.05) is 0 Å². The fraction of sp³-hybridized carbons (Fsp3) is 0.364. The zero-order valence-electron chi connectivity index (χ0n) is 18.2. The molecule has 3 heterocycles. The molecule has 11 heteroatoms. The first-order valence-electron chi connectivity index (χ1n) is 10.3. The van der Waals surface area contributed by atoms with Crippen LogP contribution in [-0.4, -0.2) is 79.6 Å². The topological polar surface area (TPSA) is 101 Å². The molecule has 1 aliphatic rings. The van der Waals surface area contributed by atoms with E-state index in [1.807, 2.05) is 4.90 Å². The largest absolute Gasteiger partial charge is 0.477 e. The highest BCUT2D eigenvalue weighted by atomic mass is 19.1. The number of likely N-dealkylation sites (N-methyl/N-ethyl adjacent to an activating group) is 1. The van der Waals surface area contributed by atoms with Crippen molar-refractivity contribution in [3.63, 3.8) is 0 Å². The Hall–Kier alpha value is -3.44. The number of anilines is 2. The van der Waals surface area contributed by atoms with Gasteiger partial charge in [0.05, 0.1) is 25.5 Å². The Morgan fingerprint density at radius 1 is 1.12 bits per heavy atom. The zero-order chi connectivity index (χ0) is 23.5. The Morgan fingerprint density at radius 2 is 1.82 bits per heavy atom. The van der Waals surface area contributed by atoms with Crippen LogP contribution in [0.25, 0.3) is 22.3 Å². The highest BCUT2D eigenvalue weighted by Crippen LogP contribution is 2.33. The molecule has 0 amide bonds. The van der Waals surface area contributed by atoms with Crippen LogP contribution in [0.1, 0.15) is 10.5 Å². The fourth-order valence-electron chi connectivity index (χ4n) is 3.62. The smallest absolute Gasteiger partial charge is 0.354 e. The van der Waals surface area contributed by atoms with E-state index in [4.69, 9.17) is 14.5 Å². The highest BCUT2D eigenvalue weighted by molar-refractivity contribution is 6.01. The number of carbonyl (C=O) groups is 1. The lowest BCUT2D eigenvalue weighted by Gasteiger charge is -2.28. The minimum Gasteiger partial charge on any atom is -0.477 e. The third-order valence-corrected chi connectivity index (χ3v) is 5.31. The van der Waals surface area contributed by atoms with Crippen molar-refractivity contribution in [3.05, 3.63) is 41.6 Å². The maximum atomic E-state index is 14.1. The summed E-state index contributed by atoms with van der Waals surface area (Å²) in [6, 6.07) is 4.46. The van der Waals surface area contributed by atoms with E-state index in [0.29, 0.717) is 56.6 Å². The third kappa shape index (κ3) is 4.83. The van der Waals surface area contributed by atoms with Gasteiger partial charge in [-0.3, -0.25) is 0 Å². The Morgan fingerprint density at radius 3 is 2.45 bits per heavy atom. The normalized spacial score (nSPS) is 14.0. The quantitative estimate of drug-likeness (QED) is 0.571. The predicted molar refractivity (Wildman–Crippen MR) is 118 cm³/mol. The van der Waals surface area contributed by atoms with Crippen molar-refractivity contribution in [2.45, 2.75) is 0 Å². The van der Waals surface area contributed by atoms with Gasteiger partial charge in [-0.15, -0.1) is 0 Å². The Labute approximate surface area is 188 Å². The molecular formula is C22H23F2N5O4. The number of ether oxygens (including phenoxy) is 2. The molecule has 1 N–H and O–H groups in total. The molecular weight excluding hydrogens is 436 g/mol. The minimum absolute atomic E-state index is 0.134. The van der Waals surface area contributed by atoms with Crippen LogP contribution in [0.4, 0.5) is 20.4 Å². The third-order valence-electron chi connectivity index (χ3n) is 5.31. The van der Waals surface area contributed by atoms with E-state index in [1.165, 1.54) is 6.07 Å². The number of carboxylic acid groups (broad SMARTS) is 1. The first kappa shape index (κ1) is 22.7. The number of hydrogen-bond donors (Lipinski definition) is 1. The molecule has 0 saturated carbocycles. The number of methoxy groups -OCH3 is 1. The van der Waals surface area contributed by atoms with Crippen LogP contribution in [0.2, 0.25) is 0 Å². The summed E-state index contributed by atoms with van der Waals surface area (Å²) in [6.07, 6.45) is 0. The maximum absolute atomic E-state index is 14.1. The van der Waals surface area contributed by atoms with E-state index in [9.17, 15) is 18.7 Å². The number of pyridine rings is 1. The predicted octanol–water partition coefficient (Wildman–Crippen LogP) is 2.59. The van der Waals surface area contributed by atoms with Gasteiger partial charge in [0.2, 0.25) is 5.95 Å². The van der Waals surface area contributed by atoms with Crippen molar-refractivity contribution in [1.82, 2.24) is 15.0 Å². The van der Waals surface area contributed by atoms with E-state index in [1.54, 1.807) is 19.1 Å². The molecule has 1 saturated heterocycles. The van der Waals surface area contributed by atoms with Crippen LogP contribution < -0.4 is 9.80 Å². The van der Waals surface area contributed by atoms with Crippen molar-refractivity contribution in [2.75, 3.05) is 63.4 Å². The fourth-order valence-corrected chi connectivity index (χ4v) is 3.62. The van der Waals surface area contributed by atoms with Crippen LogP contribution in [0.15, 0.2) is 24.3 Å². The average molecular weight is 459 g/mol. The summed E-state index contributed by atoms with van der Waals surface area (Å²) < 4.78 is 38.7. The molecule has 2 aromatic heterocycles. The van der Waals surface area contributed by atoms with E-state index < -0.39 is 17.6 Å². The van der Waals surface area contributed by atoms with Crippen molar-refractivity contribution in [3.8, 4) is 11.3 Å². The van der Waals surface area contributed by atoms with Crippen molar-refractivity contribution >= 4 is 28.6 Å². The lowest BCUT2D eigenvalue weighted by atomic mass is 10.1. The summed E-state index contributed by atoms with van der Waals surface area (Å²) in [5.41, 5.74) is 1.04. The molecule has 0 aliphatic carbocycles. The number of morpholine rings is 1. The molecule has 1 aromatic carbocycles. The number of hydrogen-bond acceptors (Lipinski definition) is 8. The van der Waals surface area contributed by atoms with E-state index in [2.05, 4.69) is 9.97 Å². The minimum atomic E-state index is -1.24. The van der Waals surface area contributed by atoms with E-state index >= 15 is 0 Å². The van der Waals surface area contributed by atoms with Gasteiger partial charge in [0, 0.05) is 45.4 Å². The van der Waals surface area contributed by atoms with Gasteiger partial charge < -0.3 is 24.4 Å². The van der Waals surface area contributed by atoms with Gasteiger partial charge in [0.1, 0.15) is 28.4 Å². The van der Waals surface area contributed by atoms with E-state index in [-0.39, 0.29) is 22.5 Å². The number of nitrogens with zero attached hydrogens (tertiary/aromatic N) is 5. The van der Waals surface area contributed by atoms with Crippen LogP contribution in [0, 0.1) is 11.6 Å². The zero-order valence-corrected chi connectivity index (χ0v) is 18.2. The second-order valence-corrected chi connectivity index (χ2v) is 7.57. The van der Waals surface area contributed by atoms with Crippen LogP contribution in [0.3, 0.4) is 0 Å². The molecule has 3 aromatic rings. The number of carboxylic acids is 1. The number of benzene rings is 1. The average Bonchev–Trinajstić information content (AvgIpc) is 2.81. The van der Waals surface area contributed by atoms with Gasteiger partial charge in [0.15, 0.2) is 5.69 Å². The SMILES string of the molecule is COCCN(C)c1cc(C(=O)O)nc2c(-c3cc(F)cc(F)c3)nc(N3CCOCC3)nc12. The monoisotopic (exact) mass is 459 g/mol. The molecule has 0 bridgehead atoms. The van der Waals surface area contributed by atoms with Crippen molar-refractivity contribution in [2.24, 2.45) is 0 Å². The van der Waals surface area contributed by atoms with Crippen molar-refractivity contribution < 1.29 is 28.2 Å². The second-order valence-electron chi connectivity index (χ2n) is 7.57. The van der Waals surface area contributed by atoms with Gasteiger partial charge >= 0.3 is 5.97 Å². The summed E-state index contributed by atoms with van der Waals surface area (Å²) in [5.74, 6) is -2.46. The second kappa shape index (κ2) is 9.59. The van der Waals surface area contributed by atoms with Crippen LogP contribution in [-0.2, 0) is 9.47 Å². The molecule has 4 rings (SSSR count). The van der Waals surface area contributed by atoms with Crippen LogP contribution in [0.5, 0.6) is 0 Å². The standard InChI is InChI=1S/C22H23F2N5O4/c1-28(3-6-32-2)17-12-16(21(30)31)25-20-18(13-9-14(23)11-15(24)10-13)26-22(27-19(17)20)29-4-7-33-8-5-29/h9-12H,3-8H2,1-2H3,(H,30,31). The molecule has 1 fully saturated rings. The lowest BCUT2D eigenvalue weighted by Crippen LogP contribution is -2.37. The molecule has 33 heavy (non-hydrogen) atoms. The van der Waals surface area contributed by atoms with Gasteiger partial charge in [-0.05, 0) is 18.2 Å². The summed E-state index contributed by atoms with van der Waals surface area (Å²) in [5, 5.41) is 9.65. The van der Waals surface area contributed by atoms with Crippen molar-refractivity contribution in [1.29, 1.82) is 0 Å². The van der Waals surface area contributed by atoms with Gasteiger partial charge in [-0.2, -0.15) is 0 Å². The van der Waals surface area contributed by atoms with Gasteiger partial charge in [-0.25, -0.2) is 28.5 Å². The molecule has 174 valence electrons. The molecule has 0 unspecified atom stereocenters. The summed E-state index contributed by atoms with van der Waals surface area (Å²) in [4.78, 5) is 29.0. The summed E-state index contributed by atoms with van der Waals surface area (Å²) >= 11 is 0. The Kier molecular flexibility index (Phi) is 6.61. The number of halogens is 2. The molecule has 0 spiro atoms.